The lowest BCUT2D eigenvalue weighted by Gasteiger charge is -2.28. The average Bonchev–Trinajstić information content (AvgIpc) is 2.67. The zero-order valence-corrected chi connectivity index (χ0v) is 14.5. The van der Waals surface area contributed by atoms with E-state index in [1.54, 1.807) is 6.08 Å². The third-order valence-electron chi connectivity index (χ3n) is 5.48. The van der Waals surface area contributed by atoms with Crippen molar-refractivity contribution in [3.05, 3.63) is 72.1 Å². The molecule has 0 heterocycles. The summed E-state index contributed by atoms with van der Waals surface area (Å²) in [4.78, 5) is 0. The van der Waals surface area contributed by atoms with Gasteiger partial charge in [0.25, 0.3) is 0 Å². The highest BCUT2D eigenvalue weighted by Gasteiger charge is 2.21. The third kappa shape index (κ3) is 4.14. The Kier molecular flexibility index (Phi) is 5.85. The molecule has 1 saturated carbocycles. The van der Waals surface area contributed by atoms with E-state index in [1.807, 2.05) is 0 Å². The minimum Gasteiger partial charge on any atom is -0.216 e. The van der Waals surface area contributed by atoms with E-state index in [-0.39, 0.29) is 0 Å². The lowest BCUT2D eigenvalue weighted by molar-refractivity contribution is 0.327. The van der Waals surface area contributed by atoms with Gasteiger partial charge in [-0.2, -0.15) is 0 Å². The van der Waals surface area contributed by atoms with Gasteiger partial charge in [-0.05, 0) is 72.6 Å². The van der Waals surface area contributed by atoms with Gasteiger partial charge in [0.1, 0.15) is 0 Å². The van der Waals surface area contributed by atoms with Crippen LogP contribution in [-0.4, -0.2) is 0 Å². The Morgan fingerprint density at radius 3 is 2.00 bits per heavy atom. The van der Waals surface area contributed by atoms with Crippen molar-refractivity contribution in [3.8, 4) is 11.1 Å². The van der Waals surface area contributed by atoms with E-state index < -0.39 is 0 Å². The van der Waals surface area contributed by atoms with E-state index >= 15 is 0 Å². The zero-order valence-electron chi connectivity index (χ0n) is 14.5. The predicted octanol–water partition coefficient (Wildman–Crippen LogP) is 7.06. The summed E-state index contributed by atoms with van der Waals surface area (Å²) < 4.78 is 12.1. The standard InChI is InChI=1S/C23H27F/c1-2-18-5-9-20(10-6-18)22-13-15-23(16-14-22)21-11-7-19(8-12-21)4-3-17-24/h3,5-6,9-10,13-17,19,21H,2,4,7-8,11-12H2,1H3/b17-3+/t19-,21-. The zero-order chi connectivity index (χ0) is 16.8. The van der Waals surface area contributed by atoms with Gasteiger partial charge in [-0.3, -0.25) is 0 Å². The second-order valence-electron chi connectivity index (χ2n) is 6.99. The summed E-state index contributed by atoms with van der Waals surface area (Å²) in [5, 5.41) is 0. The summed E-state index contributed by atoms with van der Waals surface area (Å²) in [7, 11) is 0. The van der Waals surface area contributed by atoms with Crippen LogP contribution in [0.5, 0.6) is 0 Å². The van der Waals surface area contributed by atoms with E-state index in [0.717, 1.165) is 12.8 Å². The van der Waals surface area contributed by atoms with Crippen LogP contribution in [0, 0.1) is 5.92 Å². The first kappa shape index (κ1) is 17.0. The molecule has 3 rings (SSSR count). The van der Waals surface area contributed by atoms with Crippen molar-refractivity contribution >= 4 is 0 Å². The molecule has 24 heavy (non-hydrogen) atoms. The number of rotatable bonds is 5. The van der Waals surface area contributed by atoms with E-state index in [9.17, 15) is 4.39 Å². The molecule has 2 aromatic rings. The quantitative estimate of drug-likeness (QED) is 0.552. The summed E-state index contributed by atoms with van der Waals surface area (Å²) in [5.74, 6) is 1.34. The molecule has 0 N–H and O–H groups in total. The lowest BCUT2D eigenvalue weighted by Crippen LogP contribution is -2.12. The normalized spacial score (nSPS) is 21.2. The minimum atomic E-state index is 0.671. The molecule has 0 aromatic heterocycles. The summed E-state index contributed by atoms with van der Waals surface area (Å²) in [6.07, 6.45) is 9.25. The van der Waals surface area contributed by atoms with Gasteiger partial charge >= 0.3 is 0 Å². The fourth-order valence-electron chi connectivity index (χ4n) is 3.86. The first-order chi connectivity index (χ1) is 11.8. The maximum Gasteiger partial charge on any atom is 0.0827 e. The Morgan fingerprint density at radius 1 is 0.875 bits per heavy atom. The molecule has 126 valence electrons. The molecule has 1 heteroatoms. The Balaban J connectivity index is 1.62. The van der Waals surface area contributed by atoms with Crippen molar-refractivity contribution in [1.82, 2.24) is 0 Å². The SMILES string of the molecule is CCc1ccc(-c2ccc([C@H]3CC[C@H](C/C=C/F)CC3)cc2)cc1. The van der Waals surface area contributed by atoms with Gasteiger partial charge < -0.3 is 0 Å². The molecule has 2 aromatic carbocycles. The lowest BCUT2D eigenvalue weighted by atomic mass is 9.77. The highest BCUT2D eigenvalue weighted by molar-refractivity contribution is 5.64. The van der Waals surface area contributed by atoms with E-state index in [0.29, 0.717) is 18.2 Å². The highest BCUT2D eigenvalue weighted by atomic mass is 19.1. The van der Waals surface area contributed by atoms with Crippen molar-refractivity contribution in [1.29, 1.82) is 0 Å². The van der Waals surface area contributed by atoms with Gasteiger partial charge in [-0.25, -0.2) is 4.39 Å². The average molecular weight is 322 g/mol. The number of hydrogen-bond donors (Lipinski definition) is 0. The summed E-state index contributed by atoms with van der Waals surface area (Å²) in [6, 6.07) is 18.0. The Labute approximate surface area is 145 Å². The van der Waals surface area contributed by atoms with Crippen LogP contribution in [0.2, 0.25) is 0 Å². The van der Waals surface area contributed by atoms with Crippen LogP contribution >= 0.6 is 0 Å². The molecule has 0 aliphatic heterocycles. The smallest absolute Gasteiger partial charge is 0.0827 e. The van der Waals surface area contributed by atoms with Crippen LogP contribution < -0.4 is 0 Å². The first-order valence-corrected chi connectivity index (χ1v) is 9.24. The number of aryl methyl sites for hydroxylation is 1. The molecule has 0 amide bonds. The maximum atomic E-state index is 12.1. The van der Waals surface area contributed by atoms with Crippen LogP contribution in [0.4, 0.5) is 4.39 Å². The van der Waals surface area contributed by atoms with Crippen LogP contribution in [0.3, 0.4) is 0 Å². The van der Waals surface area contributed by atoms with Gasteiger partial charge in [0.05, 0.1) is 6.33 Å². The van der Waals surface area contributed by atoms with Crippen molar-refractivity contribution in [2.75, 3.05) is 0 Å². The first-order valence-electron chi connectivity index (χ1n) is 9.24. The van der Waals surface area contributed by atoms with Gasteiger partial charge in [-0.1, -0.05) is 61.5 Å². The molecule has 0 spiro atoms. The highest BCUT2D eigenvalue weighted by Crippen LogP contribution is 2.37. The summed E-state index contributed by atoms with van der Waals surface area (Å²) >= 11 is 0. The van der Waals surface area contributed by atoms with Crippen molar-refractivity contribution in [2.24, 2.45) is 5.92 Å². The molecular weight excluding hydrogens is 295 g/mol. The van der Waals surface area contributed by atoms with Gasteiger partial charge in [0.15, 0.2) is 0 Å². The number of hydrogen-bond acceptors (Lipinski definition) is 0. The molecule has 1 aliphatic rings. The summed E-state index contributed by atoms with van der Waals surface area (Å²) in [6.45, 7) is 2.19. The third-order valence-corrected chi connectivity index (χ3v) is 5.48. The molecule has 0 nitrogen and oxygen atoms in total. The number of benzene rings is 2. The van der Waals surface area contributed by atoms with Crippen LogP contribution in [-0.2, 0) is 6.42 Å². The van der Waals surface area contributed by atoms with E-state index in [2.05, 4.69) is 55.5 Å². The second-order valence-corrected chi connectivity index (χ2v) is 6.99. The van der Waals surface area contributed by atoms with Crippen LogP contribution in [0.25, 0.3) is 11.1 Å². The van der Waals surface area contributed by atoms with Crippen LogP contribution in [0.15, 0.2) is 60.9 Å². The van der Waals surface area contributed by atoms with E-state index in [4.69, 9.17) is 0 Å². The monoisotopic (exact) mass is 322 g/mol. The Bertz CT molecular complexity index is 643. The number of halogens is 1. The van der Waals surface area contributed by atoms with Gasteiger partial charge in [0, 0.05) is 0 Å². The largest absolute Gasteiger partial charge is 0.216 e. The predicted molar refractivity (Wildman–Crippen MR) is 101 cm³/mol. The molecule has 0 saturated heterocycles. The second kappa shape index (κ2) is 8.28. The molecule has 1 aliphatic carbocycles. The maximum absolute atomic E-state index is 12.1. The fourth-order valence-corrected chi connectivity index (χ4v) is 3.86. The van der Waals surface area contributed by atoms with E-state index in [1.165, 1.54) is 47.9 Å². The molecule has 0 unspecified atom stereocenters. The van der Waals surface area contributed by atoms with Crippen molar-refractivity contribution < 1.29 is 4.39 Å². The Morgan fingerprint density at radius 2 is 1.46 bits per heavy atom. The number of allylic oxidation sites excluding steroid dienone is 1. The molecule has 0 radical (unpaired) electrons. The molecule has 1 fully saturated rings. The molecule has 0 bridgehead atoms. The topological polar surface area (TPSA) is 0 Å². The van der Waals surface area contributed by atoms with Crippen molar-refractivity contribution in [3.63, 3.8) is 0 Å². The van der Waals surface area contributed by atoms with Gasteiger partial charge in [-0.15, -0.1) is 0 Å². The molecule has 0 atom stereocenters. The van der Waals surface area contributed by atoms with Crippen molar-refractivity contribution in [2.45, 2.75) is 51.4 Å². The fraction of sp³-hybridized carbons (Fsp3) is 0.391. The molecular formula is C23H27F. The summed E-state index contributed by atoms with van der Waals surface area (Å²) in [5.41, 5.74) is 5.43. The minimum absolute atomic E-state index is 0.671. The van der Waals surface area contributed by atoms with Crippen LogP contribution in [0.1, 0.15) is 56.1 Å². The van der Waals surface area contributed by atoms with Gasteiger partial charge in [0.2, 0.25) is 0 Å². The Hall–Kier alpha value is -1.89.